The van der Waals surface area contributed by atoms with E-state index in [4.69, 9.17) is 9.47 Å². The topological polar surface area (TPSA) is 76.6 Å². The van der Waals surface area contributed by atoms with Crippen LogP contribution in [0, 0.1) is 0 Å². The highest BCUT2D eigenvalue weighted by atomic mass is 16.5. The molecule has 0 aliphatic carbocycles. The Morgan fingerprint density at radius 3 is 2.88 bits per heavy atom. The van der Waals surface area contributed by atoms with Crippen LogP contribution >= 0.6 is 0 Å². The molecule has 1 N–H and O–H groups in total. The summed E-state index contributed by atoms with van der Waals surface area (Å²) in [6.45, 7) is 3.72. The van der Waals surface area contributed by atoms with Gasteiger partial charge in [0.1, 0.15) is 11.9 Å². The summed E-state index contributed by atoms with van der Waals surface area (Å²) in [5.74, 6) is 1.27. The predicted octanol–water partition coefficient (Wildman–Crippen LogP) is 2.56. The highest BCUT2D eigenvalue weighted by Crippen LogP contribution is 2.19. The molecule has 1 fully saturated rings. The second-order valence-corrected chi connectivity index (χ2v) is 5.41. The van der Waals surface area contributed by atoms with Crippen molar-refractivity contribution in [1.82, 2.24) is 14.9 Å². The number of benzene rings is 1. The molecule has 1 unspecified atom stereocenters. The number of carbonyl (C=O) groups excluding carboxylic acids is 1. The summed E-state index contributed by atoms with van der Waals surface area (Å²) in [6.07, 6.45) is 5.46. The van der Waals surface area contributed by atoms with Gasteiger partial charge in [0, 0.05) is 31.0 Å². The molecular formula is C17H20N4O3. The molecule has 1 saturated heterocycles. The van der Waals surface area contributed by atoms with Crippen LogP contribution in [0.5, 0.6) is 11.6 Å². The normalized spacial score (nSPS) is 16.7. The number of ether oxygens (including phenoxy) is 2. The van der Waals surface area contributed by atoms with Gasteiger partial charge in [0.15, 0.2) is 0 Å². The average molecular weight is 328 g/mol. The second kappa shape index (κ2) is 7.63. The number of carbonyl (C=O) groups is 1. The van der Waals surface area contributed by atoms with Gasteiger partial charge >= 0.3 is 6.03 Å². The van der Waals surface area contributed by atoms with Crippen molar-refractivity contribution in [2.45, 2.75) is 19.4 Å². The Morgan fingerprint density at radius 1 is 1.33 bits per heavy atom. The lowest BCUT2D eigenvalue weighted by Crippen LogP contribution is -2.34. The largest absolute Gasteiger partial charge is 0.494 e. The highest BCUT2D eigenvalue weighted by Gasteiger charge is 2.28. The van der Waals surface area contributed by atoms with Gasteiger partial charge in [0.2, 0.25) is 5.88 Å². The van der Waals surface area contributed by atoms with E-state index in [9.17, 15) is 4.79 Å². The van der Waals surface area contributed by atoms with Gasteiger partial charge in [-0.05, 0) is 31.2 Å². The molecular weight excluding hydrogens is 308 g/mol. The lowest BCUT2D eigenvalue weighted by Gasteiger charge is -2.17. The van der Waals surface area contributed by atoms with Crippen molar-refractivity contribution in [3.05, 3.63) is 42.9 Å². The number of aromatic nitrogens is 2. The Kier molecular flexibility index (Phi) is 5.10. The van der Waals surface area contributed by atoms with E-state index in [-0.39, 0.29) is 12.1 Å². The van der Waals surface area contributed by atoms with Crippen molar-refractivity contribution in [1.29, 1.82) is 0 Å². The molecule has 7 heteroatoms. The lowest BCUT2D eigenvalue weighted by molar-refractivity contribution is 0.189. The Labute approximate surface area is 140 Å². The third-order valence-electron chi connectivity index (χ3n) is 3.68. The van der Waals surface area contributed by atoms with Crippen molar-refractivity contribution in [2.75, 3.05) is 25.0 Å². The molecule has 0 saturated carbocycles. The molecule has 126 valence electrons. The number of hydrogen-bond donors (Lipinski definition) is 1. The minimum atomic E-state index is -0.135. The molecule has 1 aliphatic heterocycles. The molecule has 0 spiro atoms. The molecule has 0 radical (unpaired) electrons. The first-order chi connectivity index (χ1) is 11.7. The van der Waals surface area contributed by atoms with Crippen LogP contribution in [0.25, 0.3) is 0 Å². The highest BCUT2D eigenvalue weighted by molar-refractivity contribution is 5.89. The smallest absolute Gasteiger partial charge is 0.321 e. The number of anilines is 1. The fraction of sp³-hybridized carbons (Fsp3) is 0.353. The number of amides is 2. The maximum Gasteiger partial charge on any atom is 0.321 e. The summed E-state index contributed by atoms with van der Waals surface area (Å²) >= 11 is 0. The summed E-state index contributed by atoms with van der Waals surface area (Å²) in [5.41, 5.74) is 0.738. The van der Waals surface area contributed by atoms with Gasteiger partial charge in [-0.1, -0.05) is 0 Å². The lowest BCUT2D eigenvalue weighted by atomic mass is 10.3. The number of rotatable bonds is 5. The molecule has 3 rings (SSSR count). The zero-order valence-electron chi connectivity index (χ0n) is 13.5. The first kappa shape index (κ1) is 16.0. The summed E-state index contributed by atoms with van der Waals surface area (Å²) < 4.78 is 11.1. The molecule has 1 aromatic carbocycles. The van der Waals surface area contributed by atoms with Gasteiger partial charge in [-0.25, -0.2) is 9.78 Å². The van der Waals surface area contributed by atoms with Crippen LogP contribution in [0.15, 0.2) is 42.9 Å². The number of hydrogen-bond acceptors (Lipinski definition) is 5. The summed E-state index contributed by atoms with van der Waals surface area (Å²) in [5, 5.41) is 2.89. The molecule has 7 nitrogen and oxygen atoms in total. The Morgan fingerprint density at radius 2 is 2.17 bits per heavy atom. The molecule has 0 bridgehead atoms. The number of nitrogens with one attached hydrogen (secondary N) is 1. The van der Waals surface area contributed by atoms with E-state index in [0.717, 1.165) is 17.9 Å². The molecule has 2 heterocycles. The molecule has 1 aromatic heterocycles. The summed E-state index contributed by atoms with van der Waals surface area (Å²) in [6, 6.07) is 7.19. The minimum Gasteiger partial charge on any atom is -0.494 e. The van der Waals surface area contributed by atoms with E-state index in [0.29, 0.717) is 25.6 Å². The Bertz CT molecular complexity index is 663. The number of likely N-dealkylation sites (tertiary alicyclic amines) is 1. The minimum absolute atomic E-state index is 0.0622. The van der Waals surface area contributed by atoms with Gasteiger partial charge in [0.05, 0.1) is 19.3 Å². The predicted molar refractivity (Wildman–Crippen MR) is 89.3 cm³/mol. The van der Waals surface area contributed by atoms with Crippen molar-refractivity contribution < 1.29 is 14.3 Å². The zero-order chi connectivity index (χ0) is 16.8. The van der Waals surface area contributed by atoms with Gasteiger partial charge < -0.3 is 19.7 Å². The van der Waals surface area contributed by atoms with E-state index in [1.54, 1.807) is 23.5 Å². The van der Waals surface area contributed by atoms with Crippen LogP contribution < -0.4 is 14.8 Å². The maximum absolute atomic E-state index is 12.3. The zero-order valence-corrected chi connectivity index (χ0v) is 13.5. The van der Waals surface area contributed by atoms with Crippen molar-refractivity contribution >= 4 is 11.7 Å². The third-order valence-corrected chi connectivity index (χ3v) is 3.68. The SMILES string of the molecule is CCOc1ccc(NC(=O)N2CCC(Oc3cnccn3)C2)cc1. The van der Waals surface area contributed by atoms with E-state index in [1.807, 2.05) is 31.2 Å². The number of nitrogens with zero attached hydrogens (tertiary/aromatic N) is 3. The van der Waals surface area contributed by atoms with Crippen LogP contribution in [-0.4, -0.2) is 46.7 Å². The fourth-order valence-electron chi connectivity index (χ4n) is 2.53. The quantitative estimate of drug-likeness (QED) is 0.913. The number of urea groups is 1. The molecule has 2 aromatic rings. The molecule has 1 atom stereocenters. The van der Waals surface area contributed by atoms with Gasteiger partial charge in [-0.15, -0.1) is 0 Å². The standard InChI is InChI=1S/C17H20N4O3/c1-2-23-14-5-3-13(4-6-14)20-17(22)21-10-7-15(12-21)24-16-11-18-8-9-19-16/h3-6,8-9,11,15H,2,7,10,12H2,1H3,(H,20,22). The van der Waals surface area contributed by atoms with Gasteiger partial charge in [0.25, 0.3) is 0 Å². The fourth-order valence-corrected chi connectivity index (χ4v) is 2.53. The Hall–Kier alpha value is -2.83. The summed E-state index contributed by atoms with van der Waals surface area (Å²) in [7, 11) is 0. The van der Waals surface area contributed by atoms with E-state index in [1.165, 1.54) is 0 Å². The monoisotopic (exact) mass is 328 g/mol. The van der Waals surface area contributed by atoms with Crippen molar-refractivity contribution in [2.24, 2.45) is 0 Å². The van der Waals surface area contributed by atoms with Crippen molar-refractivity contribution in [3.63, 3.8) is 0 Å². The molecule has 2 amide bonds. The van der Waals surface area contributed by atoms with E-state index < -0.39 is 0 Å². The van der Waals surface area contributed by atoms with Crippen LogP contribution in [0.1, 0.15) is 13.3 Å². The van der Waals surface area contributed by atoms with Crippen LogP contribution in [-0.2, 0) is 0 Å². The van der Waals surface area contributed by atoms with Crippen molar-refractivity contribution in [3.8, 4) is 11.6 Å². The van der Waals surface area contributed by atoms with Gasteiger partial charge in [-0.2, -0.15) is 0 Å². The van der Waals surface area contributed by atoms with Gasteiger partial charge in [-0.3, -0.25) is 4.98 Å². The Balaban J connectivity index is 1.51. The average Bonchev–Trinajstić information content (AvgIpc) is 3.06. The third kappa shape index (κ3) is 4.13. The van der Waals surface area contributed by atoms with E-state index in [2.05, 4.69) is 15.3 Å². The maximum atomic E-state index is 12.3. The molecule has 24 heavy (non-hydrogen) atoms. The van der Waals surface area contributed by atoms with Crippen LogP contribution in [0.2, 0.25) is 0 Å². The second-order valence-electron chi connectivity index (χ2n) is 5.41. The van der Waals surface area contributed by atoms with Crippen LogP contribution in [0.3, 0.4) is 0 Å². The van der Waals surface area contributed by atoms with Crippen LogP contribution in [0.4, 0.5) is 10.5 Å². The first-order valence-corrected chi connectivity index (χ1v) is 7.96. The first-order valence-electron chi connectivity index (χ1n) is 7.96. The molecule has 1 aliphatic rings. The van der Waals surface area contributed by atoms with E-state index >= 15 is 0 Å². The summed E-state index contributed by atoms with van der Waals surface area (Å²) in [4.78, 5) is 22.1.